The standard InChI is InChI=1S/C19H17BrN2O7/c1-27-14-5-7-17(28-2)12(9-14)3-8-19(24)29-11-18(23)21-16-6-4-13(22(25)26)10-15(16)20/h3-10H,11H2,1-2H3,(H,21,23)/b8-3+. The molecule has 0 aliphatic carbocycles. The predicted molar refractivity (Wildman–Crippen MR) is 109 cm³/mol. The average molecular weight is 465 g/mol. The second-order valence-electron chi connectivity index (χ2n) is 5.52. The zero-order valence-electron chi connectivity index (χ0n) is 15.5. The Bertz CT molecular complexity index is 960. The van der Waals surface area contributed by atoms with Gasteiger partial charge in [-0.25, -0.2) is 4.79 Å². The molecule has 2 aromatic rings. The minimum atomic E-state index is -0.729. The van der Waals surface area contributed by atoms with Crippen molar-refractivity contribution in [1.29, 1.82) is 0 Å². The lowest BCUT2D eigenvalue weighted by atomic mass is 10.1. The Labute approximate surface area is 174 Å². The fraction of sp³-hybridized carbons (Fsp3) is 0.158. The van der Waals surface area contributed by atoms with E-state index >= 15 is 0 Å². The average Bonchev–Trinajstić information content (AvgIpc) is 2.71. The number of nitrogens with zero attached hydrogens (tertiary/aromatic N) is 1. The minimum absolute atomic E-state index is 0.126. The van der Waals surface area contributed by atoms with E-state index in [1.54, 1.807) is 18.2 Å². The number of hydrogen-bond donors (Lipinski definition) is 1. The zero-order valence-corrected chi connectivity index (χ0v) is 17.1. The molecule has 0 spiro atoms. The molecule has 0 heterocycles. The Balaban J connectivity index is 1.93. The maximum atomic E-state index is 11.9. The van der Waals surface area contributed by atoms with Crippen LogP contribution in [0, 0.1) is 10.1 Å². The quantitative estimate of drug-likeness (QED) is 0.274. The number of nitro benzene ring substituents is 1. The third kappa shape index (κ3) is 6.32. The van der Waals surface area contributed by atoms with Crippen molar-refractivity contribution in [2.24, 2.45) is 0 Å². The van der Waals surface area contributed by atoms with Gasteiger partial charge in [0.25, 0.3) is 11.6 Å². The zero-order chi connectivity index (χ0) is 21.4. The fourth-order valence-electron chi connectivity index (χ4n) is 2.22. The number of esters is 1. The van der Waals surface area contributed by atoms with Gasteiger partial charge in [-0.1, -0.05) is 0 Å². The van der Waals surface area contributed by atoms with Gasteiger partial charge in [-0.05, 0) is 46.3 Å². The molecule has 2 aromatic carbocycles. The van der Waals surface area contributed by atoms with E-state index in [2.05, 4.69) is 21.2 Å². The molecule has 152 valence electrons. The smallest absolute Gasteiger partial charge is 0.331 e. The molecule has 0 aromatic heterocycles. The van der Waals surface area contributed by atoms with Crippen LogP contribution in [0.2, 0.25) is 0 Å². The van der Waals surface area contributed by atoms with Gasteiger partial charge in [-0.15, -0.1) is 0 Å². The molecular weight excluding hydrogens is 448 g/mol. The molecule has 29 heavy (non-hydrogen) atoms. The van der Waals surface area contributed by atoms with Gasteiger partial charge in [0.05, 0.1) is 24.8 Å². The Morgan fingerprint density at radius 3 is 2.55 bits per heavy atom. The number of amides is 1. The maximum Gasteiger partial charge on any atom is 0.331 e. The topological polar surface area (TPSA) is 117 Å². The molecule has 1 amide bonds. The summed E-state index contributed by atoms with van der Waals surface area (Å²) in [7, 11) is 3.02. The molecule has 0 aliphatic rings. The summed E-state index contributed by atoms with van der Waals surface area (Å²) in [6, 6.07) is 8.97. The van der Waals surface area contributed by atoms with Gasteiger partial charge in [-0.2, -0.15) is 0 Å². The maximum absolute atomic E-state index is 11.9. The van der Waals surface area contributed by atoms with E-state index in [-0.39, 0.29) is 5.69 Å². The van der Waals surface area contributed by atoms with E-state index in [0.29, 0.717) is 27.2 Å². The van der Waals surface area contributed by atoms with E-state index in [9.17, 15) is 19.7 Å². The number of ether oxygens (including phenoxy) is 3. The fourth-order valence-corrected chi connectivity index (χ4v) is 2.68. The van der Waals surface area contributed by atoms with Crippen molar-refractivity contribution < 1.29 is 28.7 Å². The lowest BCUT2D eigenvalue weighted by Gasteiger charge is -2.08. The largest absolute Gasteiger partial charge is 0.497 e. The summed E-state index contributed by atoms with van der Waals surface area (Å²) < 4.78 is 15.6. The van der Waals surface area contributed by atoms with E-state index in [4.69, 9.17) is 14.2 Å². The Hall–Kier alpha value is -3.40. The molecule has 2 rings (SSSR count). The number of nitrogens with one attached hydrogen (secondary N) is 1. The highest BCUT2D eigenvalue weighted by atomic mass is 79.9. The molecule has 0 fully saturated rings. The monoisotopic (exact) mass is 464 g/mol. The molecule has 1 N–H and O–H groups in total. The molecule has 0 bridgehead atoms. The van der Waals surface area contributed by atoms with Crippen molar-refractivity contribution in [3.63, 3.8) is 0 Å². The van der Waals surface area contributed by atoms with Crippen molar-refractivity contribution in [2.75, 3.05) is 26.1 Å². The molecule has 0 saturated heterocycles. The highest BCUT2D eigenvalue weighted by Crippen LogP contribution is 2.27. The Kier molecular flexibility index (Phi) is 7.72. The van der Waals surface area contributed by atoms with Gasteiger partial charge in [0.1, 0.15) is 11.5 Å². The van der Waals surface area contributed by atoms with Crippen LogP contribution in [-0.2, 0) is 14.3 Å². The molecular formula is C19H17BrN2O7. The van der Waals surface area contributed by atoms with Crippen LogP contribution in [0.25, 0.3) is 6.08 Å². The van der Waals surface area contributed by atoms with Gasteiger partial charge in [0.2, 0.25) is 0 Å². The lowest BCUT2D eigenvalue weighted by molar-refractivity contribution is -0.384. The van der Waals surface area contributed by atoms with Crippen molar-refractivity contribution >= 4 is 45.3 Å². The highest BCUT2D eigenvalue weighted by molar-refractivity contribution is 9.10. The second kappa shape index (κ2) is 10.2. The number of methoxy groups -OCH3 is 2. The lowest BCUT2D eigenvalue weighted by Crippen LogP contribution is -2.20. The molecule has 10 heteroatoms. The van der Waals surface area contributed by atoms with Crippen molar-refractivity contribution in [2.45, 2.75) is 0 Å². The van der Waals surface area contributed by atoms with Gasteiger partial charge in [0, 0.05) is 28.2 Å². The molecule has 0 atom stereocenters. The van der Waals surface area contributed by atoms with E-state index in [1.165, 1.54) is 38.5 Å². The summed E-state index contributed by atoms with van der Waals surface area (Å²) in [5.74, 6) is -0.199. The second-order valence-corrected chi connectivity index (χ2v) is 6.37. The third-order valence-corrected chi connectivity index (χ3v) is 4.28. The van der Waals surface area contributed by atoms with Gasteiger partial charge < -0.3 is 19.5 Å². The minimum Gasteiger partial charge on any atom is -0.497 e. The summed E-state index contributed by atoms with van der Waals surface area (Å²) in [5, 5.41) is 13.2. The number of nitro groups is 1. The Morgan fingerprint density at radius 2 is 1.93 bits per heavy atom. The van der Waals surface area contributed by atoms with E-state index < -0.39 is 23.4 Å². The number of hydrogen-bond acceptors (Lipinski definition) is 7. The van der Waals surface area contributed by atoms with Crippen LogP contribution in [0.3, 0.4) is 0 Å². The first-order chi connectivity index (χ1) is 13.8. The first-order valence-electron chi connectivity index (χ1n) is 8.14. The van der Waals surface area contributed by atoms with Crippen LogP contribution in [0.1, 0.15) is 5.56 Å². The number of benzene rings is 2. The van der Waals surface area contributed by atoms with Crippen molar-refractivity contribution in [1.82, 2.24) is 0 Å². The van der Waals surface area contributed by atoms with Crippen LogP contribution in [-0.4, -0.2) is 37.6 Å². The number of anilines is 1. The third-order valence-electron chi connectivity index (χ3n) is 3.62. The van der Waals surface area contributed by atoms with Gasteiger partial charge >= 0.3 is 5.97 Å². The van der Waals surface area contributed by atoms with Crippen LogP contribution >= 0.6 is 15.9 Å². The van der Waals surface area contributed by atoms with E-state index in [0.717, 1.165) is 6.08 Å². The first kappa shape index (κ1) is 21.9. The van der Waals surface area contributed by atoms with Crippen LogP contribution in [0.15, 0.2) is 46.9 Å². The first-order valence-corrected chi connectivity index (χ1v) is 8.94. The Morgan fingerprint density at radius 1 is 1.17 bits per heavy atom. The SMILES string of the molecule is COc1ccc(OC)c(/C=C/C(=O)OCC(=O)Nc2ccc([N+](=O)[O-])cc2Br)c1. The summed E-state index contributed by atoms with van der Waals surface area (Å²) in [6.45, 7) is -0.526. The van der Waals surface area contributed by atoms with Crippen molar-refractivity contribution in [3.05, 3.63) is 62.6 Å². The molecule has 9 nitrogen and oxygen atoms in total. The summed E-state index contributed by atoms with van der Waals surface area (Å²) in [5.41, 5.74) is 0.788. The van der Waals surface area contributed by atoms with Crippen LogP contribution < -0.4 is 14.8 Å². The number of carbonyl (C=O) groups is 2. The van der Waals surface area contributed by atoms with Crippen LogP contribution in [0.5, 0.6) is 11.5 Å². The molecule has 0 aliphatic heterocycles. The number of halogens is 1. The summed E-state index contributed by atoms with van der Waals surface area (Å²) in [6.07, 6.45) is 2.64. The van der Waals surface area contributed by atoms with Gasteiger partial charge in [0.15, 0.2) is 6.61 Å². The number of rotatable bonds is 8. The number of carbonyl (C=O) groups excluding carboxylic acids is 2. The van der Waals surface area contributed by atoms with Crippen molar-refractivity contribution in [3.8, 4) is 11.5 Å². The summed E-state index contributed by atoms with van der Waals surface area (Å²) in [4.78, 5) is 34.0. The van der Waals surface area contributed by atoms with Crippen LogP contribution in [0.4, 0.5) is 11.4 Å². The molecule has 0 saturated carbocycles. The normalized spacial score (nSPS) is 10.4. The predicted octanol–water partition coefficient (Wildman–Crippen LogP) is 3.57. The van der Waals surface area contributed by atoms with E-state index in [1.807, 2.05) is 0 Å². The summed E-state index contributed by atoms with van der Waals surface area (Å²) >= 11 is 3.14. The number of non-ortho nitro benzene ring substituents is 1. The molecule has 0 radical (unpaired) electrons. The van der Waals surface area contributed by atoms with Gasteiger partial charge in [-0.3, -0.25) is 14.9 Å². The highest BCUT2D eigenvalue weighted by Gasteiger charge is 2.12. The molecule has 0 unspecified atom stereocenters.